The molecular formula is C18H16F3N3O. The van der Waals surface area contributed by atoms with Crippen LogP contribution in [0, 0.1) is 11.3 Å². The fourth-order valence-corrected chi connectivity index (χ4v) is 2.39. The van der Waals surface area contributed by atoms with Crippen molar-refractivity contribution in [2.75, 3.05) is 12.4 Å². The highest BCUT2D eigenvalue weighted by atomic mass is 19.4. The maximum absolute atomic E-state index is 13.4. The molecule has 0 saturated heterocycles. The summed E-state index contributed by atoms with van der Waals surface area (Å²) in [7, 11) is 1.10. The standard InChI is InChI=1S/C18H16F3N3O/c1-24(16(18(19,20)21)14-5-3-2-4-6-14)17(25)23-15-9-7-13(8-10-15)11-12-22/h2-10,16H,11H2,1H3,(H,23,25). The van der Waals surface area contributed by atoms with E-state index in [9.17, 15) is 18.0 Å². The molecule has 4 nitrogen and oxygen atoms in total. The van der Waals surface area contributed by atoms with Crippen LogP contribution in [0.3, 0.4) is 0 Å². The molecule has 0 aromatic heterocycles. The zero-order valence-corrected chi connectivity index (χ0v) is 13.4. The monoisotopic (exact) mass is 347 g/mol. The number of nitrogens with zero attached hydrogens (tertiary/aromatic N) is 2. The number of nitriles is 1. The topological polar surface area (TPSA) is 56.1 Å². The molecule has 2 rings (SSSR count). The summed E-state index contributed by atoms with van der Waals surface area (Å²) in [5.41, 5.74) is 1.09. The molecule has 0 spiro atoms. The first-order valence-electron chi connectivity index (χ1n) is 7.44. The van der Waals surface area contributed by atoms with E-state index in [-0.39, 0.29) is 12.0 Å². The van der Waals surface area contributed by atoms with Crippen molar-refractivity contribution in [3.05, 3.63) is 65.7 Å². The Morgan fingerprint density at radius 1 is 1.16 bits per heavy atom. The number of hydrogen-bond acceptors (Lipinski definition) is 2. The molecule has 0 aliphatic heterocycles. The summed E-state index contributed by atoms with van der Waals surface area (Å²) >= 11 is 0. The van der Waals surface area contributed by atoms with Gasteiger partial charge in [-0.1, -0.05) is 42.5 Å². The Kier molecular flexibility index (Phi) is 5.65. The number of benzene rings is 2. The molecule has 2 aromatic carbocycles. The van der Waals surface area contributed by atoms with Gasteiger partial charge in [-0.2, -0.15) is 18.4 Å². The lowest BCUT2D eigenvalue weighted by molar-refractivity contribution is -0.175. The number of carbonyl (C=O) groups is 1. The summed E-state index contributed by atoms with van der Waals surface area (Å²) in [4.78, 5) is 12.9. The van der Waals surface area contributed by atoms with Crippen molar-refractivity contribution in [2.24, 2.45) is 0 Å². The van der Waals surface area contributed by atoms with Crippen molar-refractivity contribution in [3.63, 3.8) is 0 Å². The van der Waals surface area contributed by atoms with E-state index in [0.29, 0.717) is 10.6 Å². The van der Waals surface area contributed by atoms with E-state index >= 15 is 0 Å². The molecular weight excluding hydrogens is 331 g/mol. The molecule has 0 radical (unpaired) electrons. The minimum absolute atomic E-state index is 0.0166. The average Bonchev–Trinajstić information content (AvgIpc) is 2.56. The van der Waals surface area contributed by atoms with Crippen LogP contribution in [0.1, 0.15) is 17.2 Å². The number of urea groups is 1. The molecule has 25 heavy (non-hydrogen) atoms. The second-order valence-corrected chi connectivity index (χ2v) is 5.43. The van der Waals surface area contributed by atoms with E-state index in [0.717, 1.165) is 12.6 Å². The van der Waals surface area contributed by atoms with Crippen LogP contribution >= 0.6 is 0 Å². The van der Waals surface area contributed by atoms with Gasteiger partial charge in [0, 0.05) is 12.7 Å². The molecule has 0 fully saturated rings. The van der Waals surface area contributed by atoms with E-state index in [1.165, 1.54) is 24.3 Å². The van der Waals surface area contributed by atoms with E-state index < -0.39 is 18.2 Å². The quantitative estimate of drug-likeness (QED) is 0.884. The highest BCUT2D eigenvalue weighted by Crippen LogP contribution is 2.37. The van der Waals surface area contributed by atoms with E-state index in [4.69, 9.17) is 5.26 Å². The number of halogens is 3. The number of anilines is 1. The second-order valence-electron chi connectivity index (χ2n) is 5.43. The van der Waals surface area contributed by atoms with Crippen LogP contribution in [-0.4, -0.2) is 24.2 Å². The molecule has 2 amide bonds. The second kappa shape index (κ2) is 7.71. The summed E-state index contributed by atoms with van der Waals surface area (Å²) in [5.74, 6) is 0. The minimum Gasteiger partial charge on any atom is -0.311 e. The molecule has 0 heterocycles. The van der Waals surface area contributed by atoms with E-state index in [1.807, 2.05) is 6.07 Å². The summed E-state index contributed by atoms with van der Waals surface area (Å²) in [6.45, 7) is 0. The Labute approximate surface area is 143 Å². The fourth-order valence-electron chi connectivity index (χ4n) is 2.39. The zero-order valence-electron chi connectivity index (χ0n) is 13.4. The highest BCUT2D eigenvalue weighted by Gasteiger charge is 2.45. The lowest BCUT2D eigenvalue weighted by Crippen LogP contribution is -2.41. The predicted octanol–water partition coefficient (Wildman–Crippen LogP) is 4.52. The summed E-state index contributed by atoms with van der Waals surface area (Å²) in [6.07, 6.45) is -4.39. The molecule has 0 aliphatic carbocycles. The highest BCUT2D eigenvalue weighted by molar-refractivity contribution is 5.89. The summed E-state index contributed by atoms with van der Waals surface area (Å²) in [6, 6.07) is 12.7. The number of rotatable bonds is 4. The summed E-state index contributed by atoms with van der Waals surface area (Å²) in [5, 5.41) is 11.1. The van der Waals surface area contributed by atoms with E-state index in [1.54, 1.807) is 30.3 Å². The molecule has 7 heteroatoms. The van der Waals surface area contributed by atoms with Gasteiger partial charge in [-0.15, -0.1) is 0 Å². The molecule has 0 bridgehead atoms. The minimum atomic E-state index is -4.61. The van der Waals surface area contributed by atoms with Gasteiger partial charge in [-0.25, -0.2) is 4.79 Å². The van der Waals surface area contributed by atoms with Crippen LogP contribution in [0.25, 0.3) is 0 Å². The normalized spacial score (nSPS) is 12.1. The number of alkyl halides is 3. The Morgan fingerprint density at radius 2 is 1.76 bits per heavy atom. The molecule has 130 valence electrons. The van der Waals surface area contributed by atoms with E-state index in [2.05, 4.69) is 5.32 Å². The van der Waals surface area contributed by atoms with Gasteiger partial charge in [0.05, 0.1) is 12.5 Å². The van der Waals surface area contributed by atoms with Crippen molar-refractivity contribution < 1.29 is 18.0 Å². The molecule has 0 aliphatic rings. The first kappa shape index (κ1) is 18.3. The van der Waals surface area contributed by atoms with Crippen LogP contribution in [-0.2, 0) is 6.42 Å². The molecule has 2 aromatic rings. The lowest BCUT2D eigenvalue weighted by Gasteiger charge is -2.30. The van der Waals surface area contributed by atoms with Gasteiger partial charge in [0.15, 0.2) is 6.04 Å². The Morgan fingerprint density at radius 3 is 2.28 bits per heavy atom. The van der Waals surface area contributed by atoms with Crippen LogP contribution < -0.4 is 5.32 Å². The van der Waals surface area contributed by atoms with Crippen molar-refractivity contribution >= 4 is 11.7 Å². The average molecular weight is 347 g/mol. The Balaban J connectivity index is 2.17. The summed E-state index contributed by atoms with van der Waals surface area (Å²) < 4.78 is 40.3. The van der Waals surface area contributed by atoms with Gasteiger partial charge in [0.1, 0.15) is 0 Å². The van der Waals surface area contributed by atoms with Gasteiger partial charge < -0.3 is 10.2 Å². The van der Waals surface area contributed by atoms with Gasteiger partial charge >= 0.3 is 12.2 Å². The first-order valence-corrected chi connectivity index (χ1v) is 7.44. The lowest BCUT2D eigenvalue weighted by atomic mass is 10.1. The number of hydrogen-bond donors (Lipinski definition) is 1. The SMILES string of the molecule is CN(C(=O)Nc1ccc(CC#N)cc1)C(c1ccccc1)C(F)(F)F. The Hall–Kier alpha value is -3.01. The fraction of sp³-hybridized carbons (Fsp3) is 0.222. The van der Waals surface area contributed by atoms with Crippen molar-refractivity contribution in [1.82, 2.24) is 4.90 Å². The third-order valence-electron chi connectivity index (χ3n) is 3.62. The van der Waals surface area contributed by atoms with Crippen LogP contribution in [0.5, 0.6) is 0 Å². The Bertz CT molecular complexity index is 752. The van der Waals surface area contributed by atoms with Gasteiger partial charge in [0.2, 0.25) is 0 Å². The van der Waals surface area contributed by atoms with Crippen molar-refractivity contribution in [2.45, 2.75) is 18.6 Å². The number of nitrogens with one attached hydrogen (secondary N) is 1. The van der Waals surface area contributed by atoms with Gasteiger partial charge in [-0.05, 0) is 23.3 Å². The third kappa shape index (κ3) is 4.73. The maximum atomic E-state index is 13.4. The third-order valence-corrected chi connectivity index (χ3v) is 3.62. The van der Waals surface area contributed by atoms with Crippen LogP contribution in [0.2, 0.25) is 0 Å². The molecule has 1 atom stereocenters. The van der Waals surface area contributed by atoms with Crippen LogP contribution in [0.4, 0.5) is 23.7 Å². The zero-order chi connectivity index (χ0) is 18.4. The first-order chi connectivity index (χ1) is 11.8. The molecule has 1 unspecified atom stereocenters. The van der Waals surface area contributed by atoms with Crippen molar-refractivity contribution in [1.29, 1.82) is 5.26 Å². The predicted molar refractivity (Wildman–Crippen MR) is 87.8 cm³/mol. The van der Waals surface area contributed by atoms with Gasteiger partial charge in [-0.3, -0.25) is 0 Å². The number of carbonyl (C=O) groups excluding carboxylic acids is 1. The number of amides is 2. The van der Waals surface area contributed by atoms with Gasteiger partial charge in [0.25, 0.3) is 0 Å². The van der Waals surface area contributed by atoms with Crippen LogP contribution in [0.15, 0.2) is 54.6 Å². The maximum Gasteiger partial charge on any atom is 0.413 e. The molecule has 1 N–H and O–H groups in total. The van der Waals surface area contributed by atoms with Crippen molar-refractivity contribution in [3.8, 4) is 6.07 Å². The molecule has 0 saturated carbocycles. The smallest absolute Gasteiger partial charge is 0.311 e. The largest absolute Gasteiger partial charge is 0.413 e.